The van der Waals surface area contributed by atoms with Gasteiger partial charge in [0.05, 0.1) is 10.7 Å². The first-order valence-corrected chi connectivity index (χ1v) is 9.46. The van der Waals surface area contributed by atoms with Gasteiger partial charge in [0.25, 0.3) is 0 Å². The number of aromatic nitrogens is 4. The molecular weight excluding hydrogens is 382 g/mol. The van der Waals surface area contributed by atoms with E-state index in [9.17, 15) is 5.21 Å². The second kappa shape index (κ2) is 7.00. The number of halogens is 1. The highest BCUT2D eigenvalue weighted by molar-refractivity contribution is 9.10. The van der Waals surface area contributed by atoms with Gasteiger partial charge in [0.2, 0.25) is 0 Å². The van der Waals surface area contributed by atoms with Crippen molar-refractivity contribution in [3.05, 3.63) is 57.7 Å². The topological polar surface area (TPSA) is 69.2 Å². The van der Waals surface area contributed by atoms with Crippen molar-refractivity contribution < 1.29 is 4.73 Å². The highest BCUT2D eigenvalue weighted by atomic mass is 79.9. The van der Waals surface area contributed by atoms with Gasteiger partial charge in [0, 0.05) is 35.9 Å². The van der Waals surface area contributed by atoms with Gasteiger partial charge < -0.3 is 10.5 Å². The first kappa shape index (κ1) is 16.3. The summed E-state index contributed by atoms with van der Waals surface area (Å²) < 4.78 is 3.52. The first-order chi connectivity index (χ1) is 12.2. The van der Waals surface area contributed by atoms with E-state index in [2.05, 4.69) is 32.4 Å². The maximum absolute atomic E-state index is 11.4. The highest BCUT2D eigenvalue weighted by Crippen LogP contribution is 2.33. The van der Waals surface area contributed by atoms with E-state index in [1.165, 1.54) is 38.3 Å². The van der Waals surface area contributed by atoms with Crippen molar-refractivity contribution in [2.24, 2.45) is 0 Å². The van der Waals surface area contributed by atoms with Gasteiger partial charge in [-0.1, -0.05) is 19.3 Å². The molecule has 1 saturated carbocycles. The van der Waals surface area contributed by atoms with Crippen LogP contribution in [0.5, 0.6) is 0 Å². The Morgan fingerprint density at radius 3 is 2.96 bits per heavy atom. The lowest BCUT2D eigenvalue weighted by Crippen LogP contribution is -2.25. The summed E-state index contributed by atoms with van der Waals surface area (Å²) in [6.45, 7) is 0.559. The standard InChI is InChI=1S/C18H20BrN5O/c19-15-11-21-24-17(20-10-13-5-4-8-23(25)12-13)9-16(22-18(15)24)14-6-2-1-3-7-14/h4-5,8-9,11-12,14,20H,1-3,6-7,10H2. The molecule has 0 bridgehead atoms. The Labute approximate surface area is 154 Å². The molecular formula is C18H20BrN5O. The van der Waals surface area contributed by atoms with E-state index in [1.54, 1.807) is 18.5 Å². The van der Waals surface area contributed by atoms with Crippen molar-refractivity contribution in [1.29, 1.82) is 0 Å². The van der Waals surface area contributed by atoms with Crippen molar-refractivity contribution in [3.63, 3.8) is 0 Å². The molecule has 0 aliphatic heterocycles. The van der Waals surface area contributed by atoms with Gasteiger partial charge in [-0.2, -0.15) is 14.3 Å². The van der Waals surface area contributed by atoms with Crippen LogP contribution in [0, 0.1) is 5.21 Å². The lowest BCUT2D eigenvalue weighted by Gasteiger charge is -2.22. The summed E-state index contributed by atoms with van der Waals surface area (Å²) in [6, 6.07) is 5.79. The van der Waals surface area contributed by atoms with Gasteiger partial charge >= 0.3 is 0 Å². The van der Waals surface area contributed by atoms with Crippen LogP contribution < -0.4 is 10.0 Å². The lowest BCUT2D eigenvalue weighted by atomic mass is 9.87. The summed E-state index contributed by atoms with van der Waals surface area (Å²) in [6.07, 6.45) is 11.1. The molecule has 1 N–H and O–H groups in total. The first-order valence-electron chi connectivity index (χ1n) is 8.66. The highest BCUT2D eigenvalue weighted by Gasteiger charge is 2.20. The molecule has 0 radical (unpaired) electrons. The molecule has 7 heteroatoms. The number of hydrogen-bond acceptors (Lipinski definition) is 4. The molecule has 6 nitrogen and oxygen atoms in total. The van der Waals surface area contributed by atoms with Crippen molar-refractivity contribution in [1.82, 2.24) is 14.6 Å². The quantitative estimate of drug-likeness (QED) is 0.533. The molecule has 3 aromatic rings. The van der Waals surface area contributed by atoms with Crippen LogP contribution in [0.1, 0.15) is 49.3 Å². The van der Waals surface area contributed by atoms with Crippen molar-refractivity contribution in [2.45, 2.75) is 44.6 Å². The molecule has 1 fully saturated rings. The second-order valence-corrected chi connectivity index (χ2v) is 7.41. The van der Waals surface area contributed by atoms with Gasteiger partial charge in [0.1, 0.15) is 5.82 Å². The van der Waals surface area contributed by atoms with E-state index >= 15 is 0 Å². The molecule has 0 saturated heterocycles. The molecule has 0 amide bonds. The molecule has 3 aromatic heterocycles. The third kappa shape index (κ3) is 3.46. The van der Waals surface area contributed by atoms with E-state index in [4.69, 9.17) is 4.98 Å². The number of nitrogens with zero attached hydrogens (tertiary/aromatic N) is 4. The molecule has 4 rings (SSSR count). The van der Waals surface area contributed by atoms with E-state index in [1.807, 2.05) is 10.6 Å². The van der Waals surface area contributed by atoms with E-state index in [-0.39, 0.29) is 0 Å². The molecule has 0 spiro atoms. The van der Waals surface area contributed by atoms with Crippen LogP contribution in [-0.2, 0) is 6.54 Å². The predicted molar refractivity (Wildman–Crippen MR) is 99.2 cm³/mol. The average molecular weight is 402 g/mol. The Balaban J connectivity index is 1.66. The monoisotopic (exact) mass is 401 g/mol. The molecule has 1 aliphatic carbocycles. The van der Waals surface area contributed by atoms with Crippen LogP contribution in [0.25, 0.3) is 5.65 Å². The van der Waals surface area contributed by atoms with Crippen molar-refractivity contribution in [2.75, 3.05) is 5.32 Å². The minimum Gasteiger partial charge on any atom is -0.619 e. The van der Waals surface area contributed by atoms with Crippen LogP contribution in [0.2, 0.25) is 0 Å². The largest absolute Gasteiger partial charge is 0.619 e. The maximum atomic E-state index is 11.4. The Kier molecular flexibility index (Phi) is 4.57. The fourth-order valence-electron chi connectivity index (χ4n) is 3.49. The van der Waals surface area contributed by atoms with E-state index < -0.39 is 0 Å². The van der Waals surface area contributed by atoms with Crippen molar-refractivity contribution in [3.8, 4) is 0 Å². The maximum Gasteiger partial charge on any atom is 0.185 e. The Morgan fingerprint density at radius 1 is 1.32 bits per heavy atom. The molecule has 25 heavy (non-hydrogen) atoms. The Morgan fingerprint density at radius 2 is 2.16 bits per heavy atom. The zero-order chi connectivity index (χ0) is 17.2. The van der Waals surface area contributed by atoms with Crippen LogP contribution >= 0.6 is 15.9 Å². The fourth-order valence-corrected chi connectivity index (χ4v) is 3.83. The number of hydrogen-bond donors (Lipinski definition) is 1. The number of pyridine rings is 1. The van der Waals surface area contributed by atoms with Crippen molar-refractivity contribution >= 4 is 27.4 Å². The second-order valence-electron chi connectivity index (χ2n) is 6.55. The minimum absolute atomic E-state index is 0.515. The molecule has 0 atom stereocenters. The SMILES string of the molecule is [O-][n+]1cccc(CNc2cc(C3CCCCC3)nc3c(Br)cnn23)c1. The number of nitrogens with one attached hydrogen (secondary N) is 1. The minimum atomic E-state index is 0.515. The third-order valence-electron chi connectivity index (χ3n) is 4.78. The van der Waals surface area contributed by atoms with Crippen LogP contribution in [0.3, 0.4) is 0 Å². The van der Waals surface area contributed by atoms with Gasteiger partial charge in [0.15, 0.2) is 18.0 Å². The number of fused-ring (bicyclic) bond motifs is 1. The average Bonchev–Trinajstić information content (AvgIpc) is 3.02. The van der Waals surface area contributed by atoms with E-state index in [0.717, 1.165) is 31.9 Å². The number of anilines is 1. The molecule has 0 aromatic carbocycles. The van der Waals surface area contributed by atoms with Gasteiger partial charge in [-0.3, -0.25) is 0 Å². The predicted octanol–water partition coefficient (Wildman–Crippen LogP) is 3.79. The zero-order valence-corrected chi connectivity index (χ0v) is 15.4. The summed E-state index contributed by atoms with van der Waals surface area (Å²) in [7, 11) is 0. The summed E-state index contributed by atoms with van der Waals surface area (Å²) >= 11 is 3.55. The Hall–Kier alpha value is -2.15. The smallest absolute Gasteiger partial charge is 0.185 e. The van der Waals surface area contributed by atoms with Gasteiger partial charge in [-0.15, -0.1) is 0 Å². The van der Waals surface area contributed by atoms with Crippen LogP contribution in [0.4, 0.5) is 5.82 Å². The summed E-state index contributed by atoms with van der Waals surface area (Å²) in [4.78, 5) is 4.85. The molecule has 3 heterocycles. The van der Waals surface area contributed by atoms with Gasteiger partial charge in [-0.05, 0) is 34.8 Å². The van der Waals surface area contributed by atoms with Crippen LogP contribution in [-0.4, -0.2) is 14.6 Å². The third-order valence-corrected chi connectivity index (χ3v) is 5.34. The normalized spacial score (nSPS) is 15.6. The summed E-state index contributed by atoms with van der Waals surface area (Å²) in [5.41, 5.74) is 2.88. The molecule has 1 aliphatic rings. The van der Waals surface area contributed by atoms with Gasteiger partial charge in [-0.25, -0.2) is 4.98 Å². The summed E-state index contributed by atoms with van der Waals surface area (Å²) in [5.74, 6) is 1.42. The van der Waals surface area contributed by atoms with Crippen LogP contribution in [0.15, 0.2) is 41.3 Å². The molecule has 130 valence electrons. The molecule has 0 unspecified atom stereocenters. The zero-order valence-electron chi connectivity index (χ0n) is 13.9. The fraction of sp³-hybridized carbons (Fsp3) is 0.389. The summed E-state index contributed by atoms with van der Waals surface area (Å²) in [5, 5.41) is 19.3. The Bertz CT molecular complexity index is 888. The van der Waals surface area contributed by atoms with E-state index in [0.29, 0.717) is 12.5 Å². The number of rotatable bonds is 4. The lowest BCUT2D eigenvalue weighted by molar-refractivity contribution is -0.605.